The van der Waals surface area contributed by atoms with Gasteiger partial charge < -0.3 is 4.79 Å². The molecule has 3 nitrogen and oxygen atoms in total. The summed E-state index contributed by atoms with van der Waals surface area (Å²) in [5, 5.41) is 0. The van der Waals surface area contributed by atoms with Crippen molar-refractivity contribution in [3.8, 4) is 0 Å². The van der Waals surface area contributed by atoms with E-state index in [9.17, 15) is 9.59 Å². The Kier molecular flexibility index (Phi) is 3.31. The van der Waals surface area contributed by atoms with Crippen LogP contribution in [0.25, 0.3) is 0 Å². The van der Waals surface area contributed by atoms with E-state index in [4.69, 9.17) is 4.74 Å². The molecular formula is C14H11O3+. The summed E-state index contributed by atoms with van der Waals surface area (Å²) in [6.45, 7) is 0. The Labute approximate surface area is 98.7 Å². The Morgan fingerprint density at radius 3 is 1.82 bits per heavy atom. The minimum atomic E-state index is -0.577. The van der Waals surface area contributed by atoms with Crippen molar-refractivity contribution in [3.05, 3.63) is 71.8 Å². The molecule has 0 aliphatic heterocycles. The van der Waals surface area contributed by atoms with Gasteiger partial charge in [0.2, 0.25) is 0 Å². The van der Waals surface area contributed by atoms with Gasteiger partial charge in [0.15, 0.2) is 0 Å². The molecule has 0 aromatic heterocycles. The molecular weight excluding hydrogens is 216 g/mol. The molecule has 2 rings (SSSR count). The first kappa shape index (κ1) is 11.1. The van der Waals surface area contributed by atoms with Gasteiger partial charge in [-0.25, -0.2) is 9.53 Å². The SMILES string of the molecule is O=C(OC(=[OH+])c1ccccc1)c1ccccc1. The molecule has 0 saturated carbocycles. The molecule has 0 aliphatic rings. The van der Waals surface area contributed by atoms with Crippen molar-refractivity contribution in [2.75, 3.05) is 0 Å². The van der Waals surface area contributed by atoms with Gasteiger partial charge in [-0.05, 0) is 24.3 Å². The van der Waals surface area contributed by atoms with Gasteiger partial charge in [-0.2, -0.15) is 0 Å². The van der Waals surface area contributed by atoms with E-state index in [1.54, 1.807) is 54.6 Å². The Balaban J connectivity index is 2.08. The largest absolute Gasteiger partial charge is 0.526 e. The van der Waals surface area contributed by atoms with Crippen LogP contribution < -0.4 is 0 Å². The highest BCUT2D eigenvalue weighted by Gasteiger charge is 2.23. The van der Waals surface area contributed by atoms with Gasteiger partial charge in [0.25, 0.3) is 0 Å². The van der Waals surface area contributed by atoms with E-state index in [0.717, 1.165) is 0 Å². The Morgan fingerprint density at radius 2 is 1.29 bits per heavy atom. The molecule has 0 radical (unpaired) electrons. The third kappa shape index (κ3) is 2.78. The molecule has 1 N–H and O–H groups in total. The summed E-state index contributed by atoms with van der Waals surface area (Å²) in [6, 6.07) is 17.2. The highest BCUT2D eigenvalue weighted by Crippen LogP contribution is 2.05. The number of benzene rings is 2. The molecule has 0 saturated heterocycles. The average Bonchev–Trinajstić information content (AvgIpc) is 2.40. The molecule has 0 heterocycles. The van der Waals surface area contributed by atoms with Crippen molar-refractivity contribution in [2.45, 2.75) is 0 Å². The van der Waals surface area contributed by atoms with Crippen LogP contribution in [0.3, 0.4) is 0 Å². The quantitative estimate of drug-likeness (QED) is 0.449. The van der Waals surface area contributed by atoms with E-state index in [2.05, 4.69) is 0 Å². The van der Waals surface area contributed by atoms with Crippen LogP contribution in [0.15, 0.2) is 60.7 Å². The van der Waals surface area contributed by atoms with Crippen LogP contribution in [0, 0.1) is 0 Å². The maximum Gasteiger partial charge on any atom is 0.526 e. The summed E-state index contributed by atoms with van der Waals surface area (Å²) >= 11 is 0. The third-order valence-corrected chi connectivity index (χ3v) is 2.22. The summed E-state index contributed by atoms with van der Waals surface area (Å²) in [6.07, 6.45) is 0. The summed E-state index contributed by atoms with van der Waals surface area (Å²) in [5.41, 5.74) is 0.867. The molecule has 17 heavy (non-hydrogen) atoms. The van der Waals surface area contributed by atoms with Crippen molar-refractivity contribution < 1.29 is 14.3 Å². The van der Waals surface area contributed by atoms with Gasteiger partial charge in [0.1, 0.15) is 5.56 Å². The summed E-state index contributed by atoms with van der Waals surface area (Å²) in [5.74, 6) is -0.966. The number of carbonyl (C=O) groups excluding carboxylic acids is 2. The highest BCUT2D eigenvalue weighted by atomic mass is 16.6. The van der Waals surface area contributed by atoms with Gasteiger partial charge in [0.05, 0.1) is 5.56 Å². The Hall–Kier alpha value is -2.42. The monoisotopic (exact) mass is 227 g/mol. The number of hydrogen-bond donors (Lipinski definition) is 0. The summed E-state index contributed by atoms with van der Waals surface area (Å²) < 4.78 is 4.86. The van der Waals surface area contributed by atoms with Crippen LogP contribution in [0.5, 0.6) is 0 Å². The molecule has 0 fully saturated rings. The van der Waals surface area contributed by atoms with Gasteiger partial charge >= 0.3 is 11.9 Å². The molecule has 0 amide bonds. The fraction of sp³-hybridized carbons (Fsp3) is 0. The number of esters is 2. The summed E-state index contributed by atoms with van der Waals surface area (Å²) in [7, 11) is 0. The second-order valence-corrected chi connectivity index (χ2v) is 3.43. The van der Waals surface area contributed by atoms with Crippen molar-refractivity contribution in [1.29, 1.82) is 0 Å². The smallest absolute Gasteiger partial charge is 0.335 e. The molecule has 0 spiro atoms. The normalized spacial score (nSPS) is 9.65. The maximum absolute atomic E-state index is 11.6. The molecule has 0 unspecified atom stereocenters. The zero-order valence-electron chi connectivity index (χ0n) is 9.04. The highest BCUT2D eigenvalue weighted by molar-refractivity contribution is 6.02. The van der Waals surface area contributed by atoms with E-state index in [1.807, 2.05) is 6.07 Å². The van der Waals surface area contributed by atoms with Gasteiger partial charge in [-0.3, -0.25) is 0 Å². The van der Waals surface area contributed by atoms with Gasteiger partial charge in [0, 0.05) is 0 Å². The van der Waals surface area contributed by atoms with Crippen LogP contribution in [-0.4, -0.2) is 16.7 Å². The fourth-order valence-electron chi connectivity index (χ4n) is 1.36. The average molecular weight is 227 g/mol. The first-order chi connectivity index (χ1) is 8.27. The number of hydrogen-bond acceptors (Lipinski definition) is 2. The fourth-order valence-corrected chi connectivity index (χ4v) is 1.36. The molecule has 84 valence electrons. The van der Waals surface area contributed by atoms with Gasteiger partial charge in [-0.15, -0.1) is 0 Å². The van der Waals surface area contributed by atoms with E-state index in [0.29, 0.717) is 11.1 Å². The van der Waals surface area contributed by atoms with Crippen molar-refractivity contribution in [3.63, 3.8) is 0 Å². The lowest BCUT2D eigenvalue weighted by atomic mass is 10.2. The van der Waals surface area contributed by atoms with Crippen molar-refractivity contribution >= 4 is 11.9 Å². The van der Waals surface area contributed by atoms with E-state index in [1.165, 1.54) is 0 Å². The predicted octanol–water partition coefficient (Wildman–Crippen LogP) is 2.39. The Morgan fingerprint density at radius 1 is 0.824 bits per heavy atom. The lowest BCUT2D eigenvalue weighted by Gasteiger charge is -1.94. The lowest BCUT2D eigenvalue weighted by Crippen LogP contribution is -2.13. The first-order valence-corrected chi connectivity index (χ1v) is 5.16. The topological polar surface area (TPSA) is 47.7 Å². The minimum absolute atomic E-state index is 0.389. The predicted molar refractivity (Wildman–Crippen MR) is 64.3 cm³/mol. The molecule has 2 aromatic carbocycles. The molecule has 3 heteroatoms. The first-order valence-electron chi connectivity index (χ1n) is 5.16. The second-order valence-electron chi connectivity index (χ2n) is 3.43. The van der Waals surface area contributed by atoms with Gasteiger partial charge in [-0.1, -0.05) is 36.4 Å². The van der Waals surface area contributed by atoms with E-state index >= 15 is 0 Å². The van der Waals surface area contributed by atoms with Crippen LogP contribution in [0.4, 0.5) is 0 Å². The van der Waals surface area contributed by atoms with Crippen molar-refractivity contribution in [1.82, 2.24) is 0 Å². The minimum Gasteiger partial charge on any atom is -0.335 e. The lowest BCUT2D eigenvalue weighted by molar-refractivity contribution is 0.0702. The summed E-state index contributed by atoms with van der Waals surface area (Å²) in [4.78, 5) is 21.3. The van der Waals surface area contributed by atoms with Crippen LogP contribution >= 0.6 is 0 Å². The standard InChI is InChI=1S/C14H10O3/c15-13(11-7-3-1-4-8-11)17-14(16)12-9-5-2-6-10-12/h1-10H/p+1. The molecule has 0 bridgehead atoms. The molecule has 2 aromatic rings. The number of ether oxygens (including phenoxy) is 1. The zero-order valence-corrected chi connectivity index (χ0v) is 9.04. The van der Waals surface area contributed by atoms with Crippen LogP contribution in [0.1, 0.15) is 15.9 Å². The van der Waals surface area contributed by atoms with Crippen LogP contribution in [0.2, 0.25) is 0 Å². The molecule has 0 atom stereocenters. The van der Waals surface area contributed by atoms with Crippen molar-refractivity contribution in [2.24, 2.45) is 0 Å². The second kappa shape index (κ2) is 5.07. The number of rotatable bonds is 2. The Bertz CT molecular complexity index is 468. The zero-order chi connectivity index (χ0) is 12.1. The van der Waals surface area contributed by atoms with Crippen LogP contribution in [-0.2, 0) is 4.74 Å². The number of carbonyl (C=O) groups is 1. The third-order valence-electron chi connectivity index (χ3n) is 2.22. The maximum atomic E-state index is 11.6. The molecule has 0 aliphatic carbocycles. The van der Waals surface area contributed by atoms with E-state index < -0.39 is 5.97 Å². The van der Waals surface area contributed by atoms with E-state index in [-0.39, 0.29) is 5.97 Å².